The van der Waals surface area contributed by atoms with Crippen molar-refractivity contribution < 1.29 is 80.2 Å². The number of carbonyl (C=O) groups excluding carboxylic acids is 4. The Bertz CT molecular complexity index is 1840. The van der Waals surface area contributed by atoms with Crippen LogP contribution in [0.5, 0.6) is 0 Å². The summed E-state index contributed by atoms with van der Waals surface area (Å²) in [6.07, 6.45) is 55.3. The monoisotopic (exact) mass is 1400 g/mol. The van der Waals surface area contributed by atoms with Crippen LogP contribution in [0.4, 0.5) is 0 Å². The van der Waals surface area contributed by atoms with Crippen LogP contribution in [0.15, 0.2) is 0 Å². The van der Waals surface area contributed by atoms with Crippen LogP contribution in [0, 0.1) is 11.8 Å². The smallest absolute Gasteiger partial charge is 0.462 e. The van der Waals surface area contributed by atoms with Gasteiger partial charge in [0.1, 0.15) is 19.3 Å². The maximum atomic E-state index is 13.1. The summed E-state index contributed by atoms with van der Waals surface area (Å²) in [6, 6.07) is 0. The van der Waals surface area contributed by atoms with Crippen LogP contribution in [0.3, 0.4) is 0 Å². The number of carbonyl (C=O) groups is 4. The van der Waals surface area contributed by atoms with Gasteiger partial charge in [0, 0.05) is 25.7 Å². The molecule has 564 valence electrons. The van der Waals surface area contributed by atoms with Crippen molar-refractivity contribution in [3.63, 3.8) is 0 Å². The second-order valence-corrected chi connectivity index (χ2v) is 31.0. The highest BCUT2D eigenvalue weighted by atomic mass is 31.2. The minimum absolute atomic E-state index is 0.106. The standard InChI is InChI=1S/C76H148O17P2/c1-7-10-12-14-16-18-20-21-25-28-35-41-47-53-59-74(79)87-65-72(92-75(80)60-54-48-42-36-29-26-23-22-24-27-33-39-45-51-57-69(6)9-3)67-91-95(84,85)89-63-70(77)62-88-94(82,83)90-66-71(64-86-73(78)58-52-46-40-34-19-17-15-13-11-8-2)93-76(81)61-55-49-43-37-31-30-32-38-44-50-56-68(4)5/h68-72,77H,7-67H2,1-6H3,(H,82,83)(H,84,85)/t69?,70-,71+,72+/m0/s1. The molecule has 0 aliphatic heterocycles. The molecule has 95 heavy (non-hydrogen) atoms. The first-order chi connectivity index (χ1) is 45.9. The lowest BCUT2D eigenvalue weighted by molar-refractivity contribution is -0.161. The fraction of sp³-hybridized carbons (Fsp3) is 0.947. The molecule has 17 nitrogen and oxygen atoms in total. The van der Waals surface area contributed by atoms with Gasteiger partial charge >= 0.3 is 39.5 Å². The Labute approximate surface area is 581 Å². The molecule has 0 fully saturated rings. The Morgan fingerprint density at radius 1 is 0.305 bits per heavy atom. The highest BCUT2D eigenvalue weighted by Crippen LogP contribution is 2.45. The van der Waals surface area contributed by atoms with Crippen LogP contribution in [0.2, 0.25) is 0 Å². The highest BCUT2D eigenvalue weighted by molar-refractivity contribution is 7.47. The molecule has 0 saturated carbocycles. The lowest BCUT2D eigenvalue weighted by atomic mass is 9.99. The van der Waals surface area contributed by atoms with E-state index in [1.165, 1.54) is 212 Å². The Balaban J connectivity index is 5.24. The first kappa shape index (κ1) is 93.1. The second kappa shape index (κ2) is 67.9. The number of hydrogen-bond acceptors (Lipinski definition) is 15. The van der Waals surface area contributed by atoms with E-state index in [0.29, 0.717) is 25.7 Å². The van der Waals surface area contributed by atoms with Crippen LogP contribution in [-0.2, 0) is 65.4 Å². The van der Waals surface area contributed by atoms with E-state index in [2.05, 4.69) is 41.5 Å². The lowest BCUT2D eigenvalue weighted by Crippen LogP contribution is -2.30. The van der Waals surface area contributed by atoms with E-state index in [4.69, 9.17) is 37.0 Å². The van der Waals surface area contributed by atoms with E-state index in [1.54, 1.807) is 0 Å². The predicted octanol–water partition coefficient (Wildman–Crippen LogP) is 22.3. The zero-order chi connectivity index (χ0) is 70.0. The van der Waals surface area contributed by atoms with Crippen LogP contribution in [0.1, 0.15) is 395 Å². The molecule has 0 aliphatic rings. The number of phosphoric acid groups is 2. The Morgan fingerprint density at radius 3 is 0.800 bits per heavy atom. The summed E-state index contributed by atoms with van der Waals surface area (Å²) in [4.78, 5) is 72.8. The zero-order valence-electron chi connectivity index (χ0n) is 62.0. The molecule has 3 unspecified atom stereocenters. The van der Waals surface area contributed by atoms with Gasteiger partial charge in [0.15, 0.2) is 12.2 Å². The van der Waals surface area contributed by atoms with Crippen molar-refractivity contribution in [3.05, 3.63) is 0 Å². The van der Waals surface area contributed by atoms with Crippen molar-refractivity contribution in [2.45, 2.75) is 413 Å². The van der Waals surface area contributed by atoms with Gasteiger partial charge in [-0.1, -0.05) is 343 Å². The third-order valence-electron chi connectivity index (χ3n) is 18.1. The summed E-state index contributed by atoms with van der Waals surface area (Å²) >= 11 is 0. The molecule has 6 atom stereocenters. The zero-order valence-corrected chi connectivity index (χ0v) is 63.8. The normalized spacial score (nSPS) is 14.3. The summed E-state index contributed by atoms with van der Waals surface area (Å²) in [7, 11) is -9.91. The first-order valence-corrected chi connectivity index (χ1v) is 42.5. The van der Waals surface area contributed by atoms with Crippen molar-refractivity contribution >= 4 is 39.5 Å². The molecule has 0 spiro atoms. The number of hydrogen-bond donors (Lipinski definition) is 3. The van der Waals surface area contributed by atoms with Crippen molar-refractivity contribution in [2.75, 3.05) is 39.6 Å². The Kier molecular flexibility index (Phi) is 66.5. The number of ether oxygens (including phenoxy) is 4. The van der Waals surface area contributed by atoms with Crippen LogP contribution < -0.4 is 0 Å². The molecule has 0 saturated heterocycles. The third kappa shape index (κ3) is 69.0. The van der Waals surface area contributed by atoms with Gasteiger partial charge in [-0.05, 0) is 37.5 Å². The molecule has 0 bridgehead atoms. The van der Waals surface area contributed by atoms with E-state index in [0.717, 1.165) is 102 Å². The molecule has 0 aromatic carbocycles. The van der Waals surface area contributed by atoms with Gasteiger partial charge in [0.05, 0.1) is 26.4 Å². The van der Waals surface area contributed by atoms with Gasteiger partial charge in [0.2, 0.25) is 0 Å². The molecule has 0 aromatic heterocycles. The third-order valence-corrected chi connectivity index (χ3v) is 20.0. The van der Waals surface area contributed by atoms with Gasteiger partial charge < -0.3 is 33.8 Å². The van der Waals surface area contributed by atoms with Gasteiger partial charge in [-0.3, -0.25) is 37.3 Å². The van der Waals surface area contributed by atoms with Crippen molar-refractivity contribution in [3.8, 4) is 0 Å². The molecule has 19 heteroatoms. The summed E-state index contributed by atoms with van der Waals surface area (Å²) in [5.41, 5.74) is 0. The molecule has 3 N–H and O–H groups in total. The molecule has 0 heterocycles. The molecule has 0 aliphatic carbocycles. The van der Waals surface area contributed by atoms with Crippen molar-refractivity contribution in [2.24, 2.45) is 11.8 Å². The summed E-state index contributed by atoms with van der Waals surface area (Å²) < 4.78 is 68.5. The maximum Gasteiger partial charge on any atom is 0.472 e. The van der Waals surface area contributed by atoms with Crippen LogP contribution in [0.25, 0.3) is 0 Å². The van der Waals surface area contributed by atoms with E-state index >= 15 is 0 Å². The average molecular weight is 1400 g/mol. The quantitative estimate of drug-likeness (QED) is 0.0222. The summed E-state index contributed by atoms with van der Waals surface area (Å²) in [5.74, 6) is -0.516. The number of aliphatic hydroxyl groups excluding tert-OH is 1. The minimum atomic E-state index is -4.96. The van der Waals surface area contributed by atoms with Gasteiger partial charge in [0.25, 0.3) is 0 Å². The van der Waals surface area contributed by atoms with Crippen LogP contribution >= 0.6 is 15.6 Å². The first-order valence-electron chi connectivity index (χ1n) is 39.5. The predicted molar refractivity (Wildman–Crippen MR) is 386 cm³/mol. The number of rotatable bonds is 75. The van der Waals surface area contributed by atoms with Crippen molar-refractivity contribution in [1.29, 1.82) is 0 Å². The van der Waals surface area contributed by atoms with Crippen LogP contribution in [-0.4, -0.2) is 96.7 Å². The Morgan fingerprint density at radius 2 is 0.537 bits per heavy atom. The fourth-order valence-electron chi connectivity index (χ4n) is 11.6. The molecule has 0 rings (SSSR count). The molecular formula is C76H148O17P2. The molecular weight excluding hydrogens is 1250 g/mol. The Hall–Kier alpha value is -1.94. The summed E-state index contributed by atoms with van der Waals surface area (Å²) in [6.45, 7) is 9.64. The fourth-order valence-corrected chi connectivity index (χ4v) is 13.2. The number of aliphatic hydroxyl groups is 1. The van der Waals surface area contributed by atoms with Crippen molar-refractivity contribution in [1.82, 2.24) is 0 Å². The number of phosphoric ester groups is 2. The lowest BCUT2D eigenvalue weighted by Gasteiger charge is -2.21. The molecule has 0 amide bonds. The highest BCUT2D eigenvalue weighted by Gasteiger charge is 2.30. The molecule has 0 radical (unpaired) electrons. The number of unbranched alkanes of at least 4 members (excludes halogenated alkanes) is 44. The van der Waals surface area contributed by atoms with Gasteiger partial charge in [-0.25, -0.2) is 9.13 Å². The van der Waals surface area contributed by atoms with Gasteiger partial charge in [-0.15, -0.1) is 0 Å². The topological polar surface area (TPSA) is 237 Å². The largest absolute Gasteiger partial charge is 0.472 e. The number of esters is 4. The SMILES string of the molecule is CCCCCCCCCCCCCCCCC(=O)OC[C@H](COP(=O)(O)OC[C@@H](O)COP(=O)(O)OC[C@@H](COC(=O)CCCCCCCCCCCC)OC(=O)CCCCCCCCCCCCC(C)C)OC(=O)CCCCCCCCCCCCCCCCC(C)CC. The van der Waals surface area contributed by atoms with E-state index in [9.17, 15) is 43.2 Å². The van der Waals surface area contributed by atoms with E-state index in [1.807, 2.05) is 0 Å². The minimum Gasteiger partial charge on any atom is -0.462 e. The van der Waals surface area contributed by atoms with Gasteiger partial charge in [-0.2, -0.15) is 0 Å². The molecule has 0 aromatic rings. The van der Waals surface area contributed by atoms with E-state index < -0.39 is 97.5 Å². The second-order valence-electron chi connectivity index (χ2n) is 28.1. The maximum absolute atomic E-state index is 13.1. The van der Waals surface area contributed by atoms with E-state index in [-0.39, 0.29) is 25.7 Å². The summed E-state index contributed by atoms with van der Waals surface area (Å²) in [5, 5.41) is 10.6. The average Bonchev–Trinajstić information content (AvgIpc) is 3.45.